The molecule has 1 atom stereocenters. The topological polar surface area (TPSA) is 67.9 Å². The van der Waals surface area contributed by atoms with Crippen LogP contribution in [0.3, 0.4) is 0 Å². The number of allylic oxidation sites excluding steroid dienone is 3. The van der Waals surface area contributed by atoms with E-state index in [1.165, 1.54) is 0 Å². The molecule has 6 nitrogen and oxygen atoms in total. The predicted octanol–water partition coefficient (Wildman–Crippen LogP) is 5.89. The van der Waals surface area contributed by atoms with Crippen LogP contribution in [-0.2, 0) is 25.8 Å². The molecule has 0 saturated carbocycles. The van der Waals surface area contributed by atoms with Crippen molar-refractivity contribution in [2.24, 2.45) is 0 Å². The number of carbonyl (C=O) groups is 1. The lowest BCUT2D eigenvalue weighted by atomic mass is 10.1. The zero-order valence-electron chi connectivity index (χ0n) is 20.4. The van der Waals surface area contributed by atoms with E-state index in [1.807, 2.05) is 65.0 Å². The Bertz CT molecular complexity index is 964. The van der Waals surface area contributed by atoms with Gasteiger partial charge in [-0.05, 0) is 88.4 Å². The molecular formula is C25H35BrN2O4S. The van der Waals surface area contributed by atoms with Crippen LogP contribution in [0.5, 0.6) is 0 Å². The van der Waals surface area contributed by atoms with Crippen molar-refractivity contribution >= 4 is 33.0 Å². The van der Waals surface area contributed by atoms with Gasteiger partial charge in [-0.15, -0.1) is 0 Å². The SMILES string of the molecule is CCN(CCC1=CCC=C(OC)C(NS(=O)c2ccc(CBr)c(C)c2)=C1)C(=O)OC(C)(C)C. The summed E-state index contributed by atoms with van der Waals surface area (Å²) in [6.45, 7) is 10.6. The first-order chi connectivity index (χ1) is 15.6. The van der Waals surface area contributed by atoms with E-state index in [-0.39, 0.29) is 6.09 Å². The summed E-state index contributed by atoms with van der Waals surface area (Å²) in [6, 6.07) is 5.79. The van der Waals surface area contributed by atoms with Crippen molar-refractivity contribution in [1.29, 1.82) is 0 Å². The van der Waals surface area contributed by atoms with Crippen LogP contribution in [0.15, 0.2) is 58.4 Å². The van der Waals surface area contributed by atoms with Gasteiger partial charge in [-0.25, -0.2) is 9.00 Å². The van der Waals surface area contributed by atoms with Crippen molar-refractivity contribution < 1.29 is 18.5 Å². The maximum Gasteiger partial charge on any atom is 0.410 e. The lowest BCUT2D eigenvalue weighted by molar-refractivity contribution is 0.0262. The Hall–Kier alpha value is -2.06. The van der Waals surface area contributed by atoms with E-state index in [2.05, 4.69) is 26.7 Å². The maximum atomic E-state index is 13.1. The zero-order chi connectivity index (χ0) is 24.6. The summed E-state index contributed by atoms with van der Waals surface area (Å²) in [7, 11) is 0.157. The van der Waals surface area contributed by atoms with Crippen LogP contribution in [0.2, 0.25) is 0 Å². The maximum absolute atomic E-state index is 13.1. The molecule has 0 heterocycles. The Morgan fingerprint density at radius 3 is 2.58 bits per heavy atom. The number of halogens is 1. The van der Waals surface area contributed by atoms with E-state index in [0.29, 0.717) is 42.3 Å². The summed E-state index contributed by atoms with van der Waals surface area (Å²) in [6.07, 6.45) is 7.00. The van der Waals surface area contributed by atoms with Crippen LogP contribution in [0.25, 0.3) is 0 Å². The second-order valence-electron chi connectivity index (χ2n) is 8.75. The number of hydrogen-bond acceptors (Lipinski definition) is 4. The fourth-order valence-corrected chi connectivity index (χ4v) is 4.83. The highest BCUT2D eigenvalue weighted by Gasteiger charge is 2.21. The first kappa shape index (κ1) is 27.2. The summed E-state index contributed by atoms with van der Waals surface area (Å²) >= 11 is 3.47. The molecule has 0 aromatic heterocycles. The number of aryl methyl sites for hydroxylation is 1. The Kier molecular flexibility index (Phi) is 10.2. The fraction of sp³-hybridized carbons (Fsp3) is 0.480. The zero-order valence-corrected chi connectivity index (χ0v) is 22.8. The van der Waals surface area contributed by atoms with Gasteiger partial charge < -0.3 is 14.4 Å². The average molecular weight is 540 g/mol. The van der Waals surface area contributed by atoms with Crippen LogP contribution in [-0.4, -0.2) is 41.0 Å². The van der Waals surface area contributed by atoms with Gasteiger partial charge in [0.2, 0.25) is 0 Å². The number of ether oxygens (including phenoxy) is 2. The molecule has 1 unspecified atom stereocenters. The third-order valence-electron chi connectivity index (χ3n) is 5.08. The van der Waals surface area contributed by atoms with E-state index >= 15 is 0 Å². The number of methoxy groups -OCH3 is 1. The highest BCUT2D eigenvalue weighted by Crippen LogP contribution is 2.22. The second kappa shape index (κ2) is 12.4. The molecule has 1 aromatic rings. The number of nitrogens with one attached hydrogen (secondary N) is 1. The smallest absolute Gasteiger partial charge is 0.410 e. The van der Waals surface area contributed by atoms with Gasteiger partial charge in [-0.1, -0.05) is 28.1 Å². The van der Waals surface area contributed by atoms with Crippen LogP contribution in [0.1, 0.15) is 51.7 Å². The van der Waals surface area contributed by atoms with Gasteiger partial charge in [0.25, 0.3) is 0 Å². The van der Waals surface area contributed by atoms with Gasteiger partial charge in [0, 0.05) is 18.4 Å². The number of benzene rings is 1. The quantitative estimate of drug-likeness (QED) is 0.397. The molecule has 0 spiro atoms. The van der Waals surface area contributed by atoms with Crippen molar-refractivity contribution in [1.82, 2.24) is 9.62 Å². The van der Waals surface area contributed by atoms with E-state index in [0.717, 1.165) is 22.0 Å². The minimum absolute atomic E-state index is 0.319. The Labute approximate surface area is 208 Å². The molecule has 8 heteroatoms. The Balaban J connectivity index is 2.15. The molecule has 0 aliphatic heterocycles. The monoisotopic (exact) mass is 538 g/mol. The Morgan fingerprint density at radius 2 is 2.00 bits per heavy atom. The minimum atomic E-state index is -1.45. The molecule has 2 rings (SSSR count). The molecule has 1 aliphatic carbocycles. The summed E-state index contributed by atoms with van der Waals surface area (Å²) in [5, 5.41) is 0.757. The van der Waals surface area contributed by atoms with Gasteiger partial charge in [0.15, 0.2) is 0 Å². The van der Waals surface area contributed by atoms with E-state index in [4.69, 9.17) is 9.47 Å². The molecule has 0 bridgehead atoms. The number of amides is 1. The third kappa shape index (κ3) is 8.34. The number of alkyl halides is 1. The molecule has 1 N–H and O–H groups in total. The summed E-state index contributed by atoms with van der Waals surface area (Å²) < 4.78 is 27.2. The van der Waals surface area contributed by atoms with E-state index < -0.39 is 16.6 Å². The number of hydrogen-bond donors (Lipinski definition) is 1. The third-order valence-corrected chi connectivity index (χ3v) is 6.77. The number of rotatable bonds is 9. The van der Waals surface area contributed by atoms with Crippen LogP contribution in [0.4, 0.5) is 4.79 Å². The molecule has 0 radical (unpaired) electrons. The molecule has 0 saturated heterocycles. The van der Waals surface area contributed by atoms with E-state index in [9.17, 15) is 9.00 Å². The molecule has 1 aromatic carbocycles. The lowest BCUT2D eigenvalue weighted by Crippen LogP contribution is -2.37. The first-order valence-corrected chi connectivity index (χ1v) is 13.3. The van der Waals surface area contributed by atoms with Gasteiger partial charge in [-0.2, -0.15) is 0 Å². The highest BCUT2D eigenvalue weighted by molar-refractivity contribution is 9.08. The average Bonchev–Trinajstić information content (AvgIpc) is 2.94. The fourth-order valence-electron chi connectivity index (χ4n) is 3.25. The largest absolute Gasteiger partial charge is 0.495 e. The van der Waals surface area contributed by atoms with Gasteiger partial charge in [0.1, 0.15) is 22.3 Å². The predicted molar refractivity (Wildman–Crippen MR) is 137 cm³/mol. The summed E-state index contributed by atoms with van der Waals surface area (Å²) in [5.41, 5.74) is 3.40. The number of carbonyl (C=O) groups excluding carboxylic acids is 1. The molecular weight excluding hydrogens is 504 g/mol. The Morgan fingerprint density at radius 1 is 1.27 bits per heavy atom. The normalized spacial score (nSPS) is 14.9. The summed E-state index contributed by atoms with van der Waals surface area (Å²) in [5.74, 6) is 0.642. The molecule has 0 fully saturated rings. The van der Waals surface area contributed by atoms with Gasteiger partial charge in [-0.3, -0.25) is 4.72 Å². The van der Waals surface area contributed by atoms with Crippen molar-refractivity contribution in [3.05, 3.63) is 64.6 Å². The number of nitrogens with zero attached hydrogens (tertiary/aromatic N) is 1. The second-order valence-corrected chi connectivity index (χ2v) is 10.5. The van der Waals surface area contributed by atoms with Crippen LogP contribution >= 0.6 is 15.9 Å². The van der Waals surface area contributed by atoms with E-state index in [1.54, 1.807) is 12.0 Å². The standard InChI is InChI=1S/C25H35BrN2O4S/c1-7-28(24(29)32-25(3,4)5)14-13-19-9-8-10-23(31-6)22(16-19)27-33(30)21-12-11-20(17-26)18(2)15-21/h9-12,15-16,27H,7-8,13-14,17H2,1-6H3. The molecule has 1 amide bonds. The lowest BCUT2D eigenvalue weighted by Gasteiger charge is -2.26. The molecule has 33 heavy (non-hydrogen) atoms. The highest BCUT2D eigenvalue weighted by atomic mass is 79.9. The van der Waals surface area contributed by atoms with Crippen molar-refractivity contribution in [2.45, 2.75) is 63.3 Å². The van der Waals surface area contributed by atoms with Crippen molar-refractivity contribution in [3.63, 3.8) is 0 Å². The minimum Gasteiger partial charge on any atom is -0.495 e. The molecule has 182 valence electrons. The van der Waals surface area contributed by atoms with Gasteiger partial charge >= 0.3 is 6.09 Å². The molecule has 1 aliphatic rings. The van der Waals surface area contributed by atoms with Crippen LogP contribution < -0.4 is 4.72 Å². The summed E-state index contributed by atoms with van der Waals surface area (Å²) in [4.78, 5) is 14.8. The van der Waals surface area contributed by atoms with Crippen molar-refractivity contribution in [3.8, 4) is 0 Å². The van der Waals surface area contributed by atoms with Crippen molar-refractivity contribution in [2.75, 3.05) is 20.2 Å². The van der Waals surface area contributed by atoms with Crippen LogP contribution in [0, 0.1) is 6.92 Å². The van der Waals surface area contributed by atoms with Gasteiger partial charge in [0.05, 0.1) is 17.7 Å². The first-order valence-electron chi connectivity index (χ1n) is 11.0.